The molecule has 9 nitrogen and oxygen atoms in total. The Balaban J connectivity index is 1.93. The third-order valence-electron chi connectivity index (χ3n) is 4.89. The molecular weight excluding hydrogens is 456 g/mol. The Kier molecular flexibility index (Phi) is 8.38. The third kappa shape index (κ3) is 6.60. The minimum Gasteiger partial charge on any atom is -0.492 e. The van der Waals surface area contributed by atoms with Gasteiger partial charge in [-0.2, -0.15) is 8.42 Å². The number of nitrogens with zero attached hydrogens (tertiary/aromatic N) is 3. The second kappa shape index (κ2) is 11.0. The Morgan fingerprint density at radius 2 is 1.66 bits per heavy atom. The second-order valence-electron chi connectivity index (χ2n) is 7.39. The van der Waals surface area contributed by atoms with Crippen molar-refractivity contribution in [3.8, 4) is 17.2 Å². The fourth-order valence-corrected chi connectivity index (χ4v) is 4.25. The Hall–Kier alpha value is -2.30. The molecule has 0 saturated carbocycles. The SMILES string of the molecule is CCOc1cc(CN(c2ncc(OS(C)(=O)=O)cn2)C2CCNCC2)cc(OCC)c1Cl. The van der Waals surface area contributed by atoms with Gasteiger partial charge in [0.05, 0.1) is 31.9 Å². The van der Waals surface area contributed by atoms with Crippen molar-refractivity contribution in [3.63, 3.8) is 0 Å². The largest absolute Gasteiger partial charge is 0.492 e. The highest BCUT2D eigenvalue weighted by atomic mass is 35.5. The van der Waals surface area contributed by atoms with Gasteiger partial charge < -0.3 is 23.9 Å². The van der Waals surface area contributed by atoms with Crippen LogP contribution in [0.1, 0.15) is 32.3 Å². The fourth-order valence-electron chi connectivity index (χ4n) is 3.59. The molecule has 32 heavy (non-hydrogen) atoms. The first kappa shape index (κ1) is 24.3. The van der Waals surface area contributed by atoms with E-state index in [1.54, 1.807) is 0 Å². The summed E-state index contributed by atoms with van der Waals surface area (Å²) in [7, 11) is -3.65. The molecule has 0 radical (unpaired) electrons. The minimum absolute atomic E-state index is 0.0743. The lowest BCUT2D eigenvalue weighted by atomic mass is 10.0. The van der Waals surface area contributed by atoms with Crippen LogP contribution in [-0.2, 0) is 16.7 Å². The molecule has 1 aromatic carbocycles. The number of rotatable bonds is 10. The summed E-state index contributed by atoms with van der Waals surface area (Å²) in [5, 5.41) is 3.82. The zero-order valence-corrected chi connectivity index (χ0v) is 20.1. The van der Waals surface area contributed by atoms with Gasteiger partial charge in [-0.15, -0.1) is 0 Å². The van der Waals surface area contributed by atoms with E-state index in [0.717, 1.165) is 37.8 Å². The van der Waals surface area contributed by atoms with Crippen LogP contribution in [-0.4, -0.2) is 57.0 Å². The van der Waals surface area contributed by atoms with Crippen molar-refractivity contribution in [2.24, 2.45) is 0 Å². The summed E-state index contributed by atoms with van der Waals surface area (Å²) in [4.78, 5) is 10.9. The van der Waals surface area contributed by atoms with Gasteiger partial charge in [0.25, 0.3) is 0 Å². The van der Waals surface area contributed by atoms with Gasteiger partial charge in [0.15, 0.2) is 5.75 Å². The van der Waals surface area contributed by atoms with Crippen LogP contribution < -0.4 is 23.9 Å². The molecule has 0 spiro atoms. The molecule has 1 N–H and O–H groups in total. The van der Waals surface area contributed by atoms with E-state index in [2.05, 4.69) is 20.2 Å². The summed E-state index contributed by atoms with van der Waals surface area (Å²) in [5.74, 6) is 1.70. The maximum absolute atomic E-state index is 11.4. The first-order chi connectivity index (χ1) is 15.3. The molecule has 2 aromatic rings. The van der Waals surface area contributed by atoms with E-state index < -0.39 is 10.1 Å². The number of ether oxygens (including phenoxy) is 2. The van der Waals surface area contributed by atoms with Crippen molar-refractivity contribution in [2.75, 3.05) is 37.5 Å². The third-order valence-corrected chi connectivity index (χ3v) is 5.75. The van der Waals surface area contributed by atoms with Crippen LogP contribution in [0.2, 0.25) is 5.02 Å². The van der Waals surface area contributed by atoms with Crippen LogP contribution in [0, 0.1) is 0 Å². The predicted octanol–water partition coefficient (Wildman–Crippen LogP) is 3.02. The summed E-state index contributed by atoms with van der Waals surface area (Å²) in [5.41, 5.74) is 0.944. The molecule has 0 bridgehead atoms. The molecule has 0 aliphatic carbocycles. The highest BCUT2D eigenvalue weighted by molar-refractivity contribution is 7.86. The Morgan fingerprint density at radius 3 is 2.16 bits per heavy atom. The topological polar surface area (TPSA) is 103 Å². The first-order valence-corrected chi connectivity index (χ1v) is 12.8. The average Bonchev–Trinajstić information content (AvgIpc) is 2.76. The molecule has 0 amide bonds. The highest BCUT2D eigenvalue weighted by Crippen LogP contribution is 2.37. The molecule has 1 fully saturated rings. The van der Waals surface area contributed by atoms with Crippen molar-refractivity contribution in [2.45, 2.75) is 39.3 Å². The van der Waals surface area contributed by atoms with Gasteiger partial charge in [-0.25, -0.2) is 9.97 Å². The standard InChI is InChI=1S/C21H29ClN4O5S/c1-4-29-18-10-15(11-19(20(18)22)30-5-2)14-26(16-6-8-23-9-7-16)21-24-12-17(13-25-21)31-32(3,27)28/h10-13,16,23H,4-9,14H2,1-3H3. The summed E-state index contributed by atoms with van der Waals surface area (Å²) in [6.45, 7) is 7.07. The Labute approximate surface area is 194 Å². The quantitative estimate of drug-likeness (QED) is 0.509. The molecule has 1 saturated heterocycles. The van der Waals surface area contributed by atoms with Gasteiger partial charge in [-0.05, 0) is 57.5 Å². The van der Waals surface area contributed by atoms with Crippen molar-refractivity contribution in [1.82, 2.24) is 15.3 Å². The number of hydrogen-bond acceptors (Lipinski definition) is 9. The van der Waals surface area contributed by atoms with E-state index in [4.69, 9.17) is 25.3 Å². The Morgan fingerprint density at radius 1 is 1.09 bits per heavy atom. The molecule has 11 heteroatoms. The summed E-state index contributed by atoms with van der Waals surface area (Å²) in [6, 6.07) is 4.02. The minimum atomic E-state index is -3.65. The normalized spacial score (nSPS) is 14.8. The van der Waals surface area contributed by atoms with Crippen LogP contribution in [0.25, 0.3) is 0 Å². The number of anilines is 1. The van der Waals surface area contributed by atoms with E-state index in [-0.39, 0.29) is 11.8 Å². The molecule has 1 aliphatic heterocycles. The number of benzene rings is 1. The number of hydrogen-bond donors (Lipinski definition) is 1. The first-order valence-electron chi connectivity index (χ1n) is 10.6. The van der Waals surface area contributed by atoms with E-state index in [1.165, 1.54) is 12.4 Å². The van der Waals surface area contributed by atoms with Crippen LogP contribution in [0.5, 0.6) is 17.2 Å². The molecule has 0 atom stereocenters. The van der Waals surface area contributed by atoms with Crippen LogP contribution in [0.15, 0.2) is 24.5 Å². The van der Waals surface area contributed by atoms with Crippen molar-refractivity contribution < 1.29 is 22.1 Å². The van der Waals surface area contributed by atoms with E-state index in [9.17, 15) is 8.42 Å². The van der Waals surface area contributed by atoms with Crippen molar-refractivity contribution in [3.05, 3.63) is 35.1 Å². The lowest BCUT2D eigenvalue weighted by Gasteiger charge is -2.35. The highest BCUT2D eigenvalue weighted by Gasteiger charge is 2.25. The smallest absolute Gasteiger partial charge is 0.306 e. The molecule has 1 aromatic heterocycles. The zero-order valence-electron chi connectivity index (χ0n) is 18.5. The molecule has 3 rings (SSSR count). The molecule has 1 aliphatic rings. The van der Waals surface area contributed by atoms with Gasteiger partial charge in [0.2, 0.25) is 5.95 Å². The van der Waals surface area contributed by atoms with Gasteiger partial charge in [0.1, 0.15) is 16.5 Å². The molecule has 0 unspecified atom stereocenters. The lowest BCUT2D eigenvalue weighted by molar-refractivity contribution is 0.322. The van der Waals surface area contributed by atoms with Gasteiger partial charge >= 0.3 is 10.1 Å². The van der Waals surface area contributed by atoms with Crippen LogP contribution >= 0.6 is 11.6 Å². The summed E-state index contributed by atoms with van der Waals surface area (Å²) >= 11 is 6.45. The van der Waals surface area contributed by atoms with E-state index >= 15 is 0 Å². The monoisotopic (exact) mass is 484 g/mol. The predicted molar refractivity (Wildman–Crippen MR) is 123 cm³/mol. The lowest BCUT2D eigenvalue weighted by Crippen LogP contribution is -2.43. The van der Waals surface area contributed by atoms with E-state index in [0.29, 0.717) is 42.2 Å². The molecular formula is C21H29ClN4O5S. The number of aromatic nitrogens is 2. The number of piperidine rings is 1. The van der Waals surface area contributed by atoms with Gasteiger partial charge in [-0.3, -0.25) is 0 Å². The van der Waals surface area contributed by atoms with Crippen molar-refractivity contribution in [1.29, 1.82) is 0 Å². The molecule has 176 valence electrons. The summed E-state index contributed by atoms with van der Waals surface area (Å²) in [6.07, 6.45) is 5.58. The van der Waals surface area contributed by atoms with Crippen molar-refractivity contribution >= 4 is 27.7 Å². The summed E-state index contributed by atoms with van der Waals surface area (Å²) < 4.78 is 39.1. The number of nitrogens with one attached hydrogen (secondary N) is 1. The number of halogens is 1. The van der Waals surface area contributed by atoms with Gasteiger partial charge in [0, 0.05) is 12.6 Å². The maximum Gasteiger partial charge on any atom is 0.306 e. The van der Waals surface area contributed by atoms with E-state index in [1.807, 2.05) is 26.0 Å². The van der Waals surface area contributed by atoms with Gasteiger partial charge in [-0.1, -0.05) is 11.6 Å². The average molecular weight is 485 g/mol. The molecule has 2 heterocycles. The zero-order chi connectivity index (χ0) is 23.1. The van der Waals surface area contributed by atoms with Crippen LogP contribution in [0.3, 0.4) is 0 Å². The van der Waals surface area contributed by atoms with Crippen LogP contribution in [0.4, 0.5) is 5.95 Å². The maximum atomic E-state index is 11.4. The fraction of sp³-hybridized carbons (Fsp3) is 0.524. The Bertz CT molecular complexity index is 971. The second-order valence-corrected chi connectivity index (χ2v) is 9.34.